The Kier molecular flexibility index (Phi) is 5.82. The number of likely N-dealkylation sites (tertiary alicyclic amines) is 1. The normalized spacial score (nSPS) is 17.8. The van der Waals surface area contributed by atoms with E-state index in [0.29, 0.717) is 32.1 Å². The van der Waals surface area contributed by atoms with Crippen molar-refractivity contribution < 1.29 is 21.6 Å². The van der Waals surface area contributed by atoms with Crippen LogP contribution in [0.4, 0.5) is 13.2 Å². The van der Waals surface area contributed by atoms with Crippen LogP contribution in [0.3, 0.4) is 0 Å². The lowest BCUT2D eigenvalue weighted by atomic mass is 10.2. The van der Waals surface area contributed by atoms with Gasteiger partial charge in [-0.25, -0.2) is 17.8 Å². The number of aromatic nitrogens is 3. The standard InChI is InChI=1S/C20H20F3N5O2S/c21-20(22,23)16-2-1-3-19(12-16)31(29,30)25-17-8-10-27(14-17)13-15-4-6-18(7-5-15)28-11-9-24-26-28/h1-7,9,11-12,17,25H,8,10,13-14H2/t17-/m1/s1. The molecule has 2 aromatic carbocycles. The van der Waals surface area contributed by atoms with Crippen LogP contribution in [0.1, 0.15) is 17.5 Å². The van der Waals surface area contributed by atoms with E-state index < -0.39 is 21.8 Å². The van der Waals surface area contributed by atoms with E-state index in [4.69, 9.17) is 0 Å². The molecule has 1 atom stereocenters. The van der Waals surface area contributed by atoms with Gasteiger partial charge in [-0.15, -0.1) is 5.10 Å². The molecule has 0 spiro atoms. The number of hydrogen-bond acceptors (Lipinski definition) is 5. The van der Waals surface area contributed by atoms with E-state index in [0.717, 1.165) is 23.4 Å². The maximum Gasteiger partial charge on any atom is 0.416 e. The molecule has 1 aliphatic rings. The Hall–Kier alpha value is -2.76. The molecule has 0 unspecified atom stereocenters. The summed E-state index contributed by atoms with van der Waals surface area (Å²) >= 11 is 0. The van der Waals surface area contributed by atoms with Crippen molar-refractivity contribution in [2.45, 2.75) is 30.1 Å². The molecule has 0 aliphatic carbocycles. The van der Waals surface area contributed by atoms with E-state index in [1.807, 2.05) is 24.3 Å². The number of sulfonamides is 1. The van der Waals surface area contributed by atoms with Gasteiger partial charge in [0.05, 0.1) is 28.5 Å². The number of halogens is 3. The zero-order valence-electron chi connectivity index (χ0n) is 16.3. The first-order chi connectivity index (χ1) is 14.7. The van der Waals surface area contributed by atoms with Crippen LogP contribution in [0.25, 0.3) is 5.69 Å². The lowest BCUT2D eigenvalue weighted by Gasteiger charge is -2.17. The SMILES string of the molecule is O=S(=O)(N[C@@H]1CCN(Cc2ccc(-n3ccnn3)cc2)C1)c1cccc(C(F)(F)F)c1. The van der Waals surface area contributed by atoms with Crippen LogP contribution in [0, 0.1) is 0 Å². The predicted octanol–water partition coefficient (Wildman–Crippen LogP) is 2.84. The molecule has 0 saturated carbocycles. The van der Waals surface area contributed by atoms with E-state index in [2.05, 4.69) is 19.9 Å². The smallest absolute Gasteiger partial charge is 0.297 e. The minimum atomic E-state index is -4.60. The lowest BCUT2D eigenvalue weighted by Crippen LogP contribution is -2.37. The van der Waals surface area contributed by atoms with Gasteiger partial charge in [-0.3, -0.25) is 4.90 Å². The minimum absolute atomic E-state index is 0.367. The molecule has 1 aliphatic heterocycles. The molecule has 0 bridgehead atoms. The third-order valence-corrected chi connectivity index (χ3v) is 6.61. The van der Waals surface area contributed by atoms with Crippen molar-refractivity contribution in [2.24, 2.45) is 0 Å². The fourth-order valence-corrected chi connectivity index (χ4v) is 4.86. The quantitative estimate of drug-likeness (QED) is 0.624. The maximum absolute atomic E-state index is 12.9. The Bertz CT molecular complexity index is 1130. The molecule has 0 amide bonds. The molecule has 164 valence electrons. The van der Waals surface area contributed by atoms with Gasteiger partial charge in [-0.05, 0) is 42.3 Å². The summed E-state index contributed by atoms with van der Waals surface area (Å²) in [6, 6.07) is 11.2. The molecular weight excluding hydrogens is 431 g/mol. The Morgan fingerprint density at radius 3 is 2.58 bits per heavy atom. The summed E-state index contributed by atoms with van der Waals surface area (Å²) in [7, 11) is -4.05. The molecule has 11 heteroatoms. The Morgan fingerprint density at radius 1 is 1.13 bits per heavy atom. The second-order valence-electron chi connectivity index (χ2n) is 7.38. The summed E-state index contributed by atoms with van der Waals surface area (Å²) < 4.78 is 68.0. The van der Waals surface area contributed by atoms with E-state index in [9.17, 15) is 21.6 Å². The molecule has 1 fully saturated rings. The van der Waals surface area contributed by atoms with Crippen molar-refractivity contribution >= 4 is 10.0 Å². The van der Waals surface area contributed by atoms with Crippen LogP contribution >= 0.6 is 0 Å². The van der Waals surface area contributed by atoms with Gasteiger partial charge in [0.15, 0.2) is 0 Å². The highest BCUT2D eigenvalue weighted by molar-refractivity contribution is 7.89. The molecular formula is C20H20F3N5O2S. The van der Waals surface area contributed by atoms with Crippen LogP contribution in [0.15, 0.2) is 65.8 Å². The summed E-state index contributed by atoms with van der Waals surface area (Å²) in [4.78, 5) is 1.72. The van der Waals surface area contributed by atoms with Crippen LogP contribution in [-0.4, -0.2) is 47.4 Å². The van der Waals surface area contributed by atoms with Crippen LogP contribution in [0.5, 0.6) is 0 Å². The van der Waals surface area contributed by atoms with Crippen molar-refractivity contribution in [3.05, 3.63) is 72.1 Å². The second-order valence-corrected chi connectivity index (χ2v) is 9.10. The van der Waals surface area contributed by atoms with Gasteiger partial charge in [0.1, 0.15) is 0 Å². The predicted molar refractivity (Wildman–Crippen MR) is 107 cm³/mol. The molecule has 0 radical (unpaired) electrons. The van der Waals surface area contributed by atoms with Gasteiger partial charge in [-0.1, -0.05) is 23.4 Å². The molecule has 1 aromatic heterocycles. The molecule has 2 heterocycles. The van der Waals surface area contributed by atoms with Gasteiger partial charge in [-0.2, -0.15) is 13.2 Å². The third kappa shape index (κ3) is 5.12. The van der Waals surface area contributed by atoms with Crippen molar-refractivity contribution in [1.29, 1.82) is 0 Å². The topological polar surface area (TPSA) is 80.1 Å². The first-order valence-corrected chi connectivity index (χ1v) is 11.1. The number of nitrogens with zero attached hydrogens (tertiary/aromatic N) is 4. The molecule has 1 saturated heterocycles. The van der Waals surface area contributed by atoms with E-state index in [-0.39, 0.29) is 10.9 Å². The second kappa shape index (κ2) is 8.40. The van der Waals surface area contributed by atoms with Gasteiger partial charge in [0.2, 0.25) is 10.0 Å². The maximum atomic E-state index is 12.9. The van der Waals surface area contributed by atoms with Gasteiger partial charge in [0, 0.05) is 25.7 Å². The van der Waals surface area contributed by atoms with Crippen molar-refractivity contribution in [2.75, 3.05) is 13.1 Å². The van der Waals surface area contributed by atoms with E-state index in [1.165, 1.54) is 6.07 Å². The Balaban J connectivity index is 1.37. The molecule has 7 nitrogen and oxygen atoms in total. The van der Waals surface area contributed by atoms with Crippen molar-refractivity contribution in [3.8, 4) is 5.69 Å². The summed E-state index contributed by atoms with van der Waals surface area (Å²) in [6.45, 7) is 1.79. The van der Waals surface area contributed by atoms with E-state index >= 15 is 0 Å². The third-order valence-electron chi connectivity index (χ3n) is 5.10. The zero-order chi connectivity index (χ0) is 22.1. The highest BCUT2D eigenvalue weighted by Crippen LogP contribution is 2.30. The number of nitrogens with one attached hydrogen (secondary N) is 1. The number of rotatable bonds is 6. The van der Waals surface area contributed by atoms with Gasteiger partial charge >= 0.3 is 6.18 Å². The minimum Gasteiger partial charge on any atom is -0.297 e. The average Bonchev–Trinajstić information content (AvgIpc) is 3.40. The van der Waals surface area contributed by atoms with Crippen molar-refractivity contribution in [3.63, 3.8) is 0 Å². The van der Waals surface area contributed by atoms with Crippen LogP contribution < -0.4 is 4.72 Å². The molecule has 31 heavy (non-hydrogen) atoms. The molecule has 1 N–H and O–H groups in total. The number of alkyl halides is 3. The first kappa shape index (κ1) is 21.5. The lowest BCUT2D eigenvalue weighted by molar-refractivity contribution is -0.137. The summed E-state index contributed by atoms with van der Waals surface area (Å²) in [5.41, 5.74) is 0.956. The summed E-state index contributed by atoms with van der Waals surface area (Å²) in [5.74, 6) is 0. The van der Waals surface area contributed by atoms with Gasteiger partial charge < -0.3 is 0 Å². The highest BCUT2D eigenvalue weighted by Gasteiger charge is 2.33. The Morgan fingerprint density at radius 2 is 1.90 bits per heavy atom. The molecule has 4 rings (SSSR count). The van der Waals surface area contributed by atoms with Crippen molar-refractivity contribution in [1.82, 2.24) is 24.6 Å². The Labute approximate surface area is 177 Å². The first-order valence-electron chi connectivity index (χ1n) is 9.58. The monoisotopic (exact) mass is 451 g/mol. The van der Waals surface area contributed by atoms with Crippen LogP contribution in [0.2, 0.25) is 0 Å². The average molecular weight is 451 g/mol. The summed E-state index contributed by atoms with van der Waals surface area (Å²) in [6.07, 6.45) is -0.677. The number of benzene rings is 2. The highest BCUT2D eigenvalue weighted by atomic mass is 32.2. The largest absolute Gasteiger partial charge is 0.416 e. The summed E-state index contributed by atoms with van der Waals surface area (Å²) in [5, 5.41) is 7.71. The number of hydrogen-bond donors (Lipinski definition) is 1. The van der Waals surface area contributed by atoms with E-state index in [1.54, 1.807) is 17.1 Å². The fraction of sp³-hybridized carbons (Fsp3) is 0.300. The zero-order valence-corrected chi connectivity index (χ0v) is 17.1. The van der Waals surface area contributed by atoms with Gasteiger partial charge in [0.25, 0.3) is 0 Å². The fourth-order valence-electron chi connectivity index (χ4n) is 3.56. The van der Waals surface area contributed by atoms with Crippen LogP contribution in [-0.2, 0) is 22.7 Å². The molecule has 3 aromatic rings.